The highest BCUT2D eigenvalue weighted by atomic mass is 16.1. The van der Waals surface area contributed by atoms with Crippen LogP contribution < -0.4 is 16.0 Å². The van der Waals surface area contributed by atoms with E-state index in [9.17, 15) is 4.79 Å². The number of nitrogens with one attached hydrogen (secondary N) is 1. The van der Waals surface area contributed by atoms with Gasteiger partial charge in [0.05, 0.1) is 16.8 Å². The van der Waals surface area contributed by atoms with Crippen LogP contribution in [0.15, 0.2) is 30.5 Å². The van der Waals surface area contributed by atoms with E-state index in [0.717, 1.165) is 42.8 Å². The number of carbonyl (C=O) groups excluding carboxylic acids is 1. The molecule has 1 amide bonds. The highest BCUT2D eigenvalue weighted by Crippen LogP contribution is 2.36. The van der Waals surface area contributed by atoms with Gasteiger partial charge in [0.15, 0.2) is 0 Å². The van der Waals surface area contributed by atoms with Crippen LogP contribution in [0.3, 0.4) is 0 Å². The van der Waals surface area contributed by atoms with Gasteiger partial charge < -0.3 is 16.0 Å². The molecule has 0 aliphatic carbocycles. The van der Waals surface area contributed by atoms with E-state index in [4.69, 9.17) is 5.73 Å². The second-order valence-electron chi connectivity index (χ2n) is 5.99. The van der Waals surface area contributed by atoms with Gasteiger partial charge in [-0.15, -0.1) is 0 Å². The second kappa shape index (κ2) is 4.70. The Morgan fingerprint density at radius 1 is 1.24 bits per heavy atom. The van der Waals surface area contributed by atoms with Crippen LogP contribution in [0.1, 0.15) is 10.4 Å². The summed E-state index contributed by atoms with van der Waals surface area (Å²) in [6.45, 7) is 4.09. The lowest BCUT2D eigenvalue weighted by atomic mass is 10.0. The predicted molar refractivity (Wildman–Crippen MR) is 82.3 cm³/mol. The first-order valence-corrected chi connectivity index (χ1v) is 7.37. The lowest BCUT2D eigenvalue weighted by molar-refractivity contribution is 0.100. The largest absolute Gasteiger partial charge is 0.370 e. The zero-order chi connectivity index (χ0) is 14.4. The zero-order valence-corrected chi connectivity index (χ0v) is 11.7. The molecule has 2 aromatic rings. The molecule has 3 heterocycles. The smallest absolute Gasteiger partial charge is 0.252 e. The van der Waals surface area contributed by atoms with E-state index >= 15 is 0 Å². The molecule has 2 fully saturated rings. The molecule has 21 heavy (non-hydrogen) atoms. The Morgan fingerprint density at radius 3 is 2.67 bits per heavy atom. The minimum Gasteiger partial charge on any atom is -0.370 e. The first-order valence-electron chi connectivity index (χ1n) is 7.37. The van der Waals surface area contributed by atoms with Crippen molar-refractivity contribution in [3.05, 3.63) is 36.0 Å². The zero-order valence-electron chi connectivity index (χ0n) is 11.7. The number of carbonyl (C=O) groups is 1. The second-order valence-corrected chi connectivity index (χ2v) is 5.99. The molecule has 1 aromatic heterocycles. The van der Waals surface area contributed by atoms with Gasteiger partial charge in [-0.1, -0.05) is 18.2 Å². The highest BCUT2D eigenvalue weighted by Gasteiger charge is 2.37. The van der Waals surface area contributed by atoms with Crippen molar-refractivity contribution in [2.75, 3.05) is 31.1 Å². The minimum atomic E-state index is -0.404. The first-order chi connectivity index (χ1) is 10.2. The van der Waals surface area contributed by atoms with Gasteiger partial charge in [-0.3, -0.25) is 9.78 Å². The average Bonchev–Trinajstić information content (AvgIpc) is 3.07. The fourth-order valence-corrected chi connectivity index (χ4v) is 3.69. The SMILES string of the molecule is NC(=O)c1cnc2ccccc2c1N1CC2CNCC2C1. The number of primary amides is 1. The van der Waals surface area contributed by atoms with Crippen molar-refractivity contribution >= 4 is 22.5 Å². The minimum absolute atomic E-state index is 0.404. The van der Waals surface area contributed by atoms with Crippen LogP contribution in [-0.2, 0) is 0 Å². The van der Waals surface area contributed by atoms with Gasteiger partial charge in [0.2, 0.25) is 0 Å². The third-order valence-corrected chi connectivity index (χ3v) is 4.72. The molecule has 3 N–H and O–H groups in total. The summed E-state index contributed by atoms with van der Waals surface area (Å²) in [7, 11) is 0. The van der Waals surface area contributed by atoms with Gasteiger partial charge in [0, 0.05) is 37.8 Å². The quantitative estimate of drug-likeness (QED) is 0.861. The number of benzene rings is 1. The summed E-state index contributed by atoms with van der Waals surface area (Å²) in [4.78, 5) is 18.5. The summed E-state index contributed by atoms with van der Waals surface area (Å²) in [6.07, 6.45) is 1.62. The number of anilines is 1. The summed E-state index contributed by atoms with van der Waals surface area (Å²) in [5.74, 6) is 0.925. The number of amides is 1. The van der Waals surface area contributed by atoms with Crippen LogP contribution in [0.2, 0.25) is 0 Å². The van der Waals surface area contributed by atoms with Crippen molar-refractivity contribution in [2.24, 2.45) is 17.6 Å². The molecule has 5 nitrogen and oxygen atoms in total. The van der Waals surface area contributed by atoms with E-state index < -0.39 is 5.91 Å². The Bertz CT molecular complexity index is 702. The van der Waals surface area contributed by atoms with Crippen LogP contribution in [0, 0.1) is 11.8 Å². The number of nitrogens with two attached hydrogens (primary N) is 1. The molecule has 1 aromatic carbocycles. The Balaban J connectivity index is 1.85. The summed E-state index contributed by atoms with van der Waals surface area (Å²) < 4.78 is 0. The van der Waals surface area contributed by atoms with Gasteiger partial charge in [0.25, 0.3) is 5.91 Å². The number of nitrogens with zero attached hydrogens (tertiary/aromatic N) is 2. The van der Waals surface area contributed by atoms with Crippen LogP contribution >= 0.6 is 0 Å². The van der Waals surface area contributed by atoms with Gasteiger partial charge in [-0.05, 0) is 17.9 Å². The summed E-state index contributed by atoms with van der Waals surface area (Å²) in [6, 6.07) is 7.95. The summed E-state index contributed by atoms with van der Waals surface area (Å²) >= 11 is 0. The highest BCUT2D eigenvalue weighted by molar-refractivity contribution is 6.06. The molecule has 2 unspecified atom stereocenters. The Hall–Kier alpha value is -2.14. The molecule has 2 aliphatic rings. The first kappa shape index (κ1) is 12.6. The van der Waals surface area contributed by atoms with Gasteiger partial charge in [0.1, 0.15) is 0 Å². The fourth-order valence-electron chi connectivity index (χ4n) is 3.69. The molecule has 4 rings (SSSR count). The molecule has 2 saturated heterocycles. The molecule has 0 radical (unpaired) electrons. The summed E-state index contributed by atoms with van der Waals surface area (Å²) in [5.41, 5.74) is 7.97. The molecule has 108 valence electrons. The third-order valence-electron chi connectivity index (χ3n) is 4.72. The Morgan fingerprint density at radius 2 is 1.95 bits per heavy atom. The van der Waals surface area contributed by atoms with Crippen molar-refractivity contribution in [3.8, 4) is 0 Å². The van der Waals surface area contributed by atoms with E-state index in [1.54, 1.807) is 6.20 Å². The van der Waals surface area contributed by atoms with Crippen LogP contribution in [-0.4, -0.2) is 37.1 Å². The van der Waals surface area contributed by atoms with E-state index in [-0.39, 0.29) is 0 Å². The topological polar surface area (TPSA) is 71.2 Å². The molecular weight excluding hydrogens is 264 g/mol. The normalized spacial score (nSPS) is 24.5. The maximum Gasteiger partial charge on any atom is 0.252 e. The van der Waals surface area contributed by atoms with Crippen molar-refractivity contribution in [3.63, 3.8) is 0 Å². The Kier molecular flexibility index (Phi) is 2.82. The van der Waals surface area contributed by atoms with Gasteiger partial charge in [-0.25, -0.2) is 0 Å². The standard InChI is InChI=1S/C16H18N4O/c17-16(21)13-7-19-14-4-2-1-3-12(14)15(13)20-8-10-5-18-6-11(10)9-20/h1-4,7,10-11,18H,5-6,8-9H2,(H2,17,21). The van der Waals surface area contributed by atoms with Crippen LogP contribution in [0.5, 0.6) is 0 Å². The van der Waals surface area contributed by atoms with E-state index in [0.29, 0.717) is 17.4 Å². The Labute approximate surface area is 123 Å². The number of hydrogen-bond donors (Lipinski definition) is 2. The van der Waals surface area contributed by atoms with E-state index in [2.05, 4.69) is 15.2 Å². The third kappa shape index (κ3) is 1.96. The average molecular weight is 282 g/mol. The maximum atomic E-state index is 11.8. The van der Waals surface area contributed by atoms with Crippen molar-refractivity contribution in [1.82, 2.24) is 10.3 Å². The number of hydrogen-bond acceptors (Lipinski definition) is 4. The van der Waals surface area contributed by atoms with Crippen molar-refractivity contribution in [1.29, 1.82) is 0 Å². The number of rotatable bonds is 2. The molecule has 2 atom stereocenters. The maximum absolute atomic E-state index is 11.8. The number of aromatic nitrogens is 1. The number of fused-ring (bicyclic) bond motifs is 2. The molecule has 0 saturated carbocycles. The van der Waals surface area contributed by atoms with Gasteiger partial charge >= 0.3 is 0 Å². The van der Waals surface area contributed by atoms with E-state index in [1.807, 2.05) is 24.3 Å². The van der Waals surface area contributed by atoms with Crippen LogP contribution in [0.25, 0.3) is 10.9 Å². The fraction of sp³-hybridized carbons (Fsp3) is 0.375. The molecule has 0 spiro atoms. The molecule has 2 aliphatic heterocycles. The molecular formula is C16H18N4O. The monoisotopic (exact) mass is 282 g/mol. The van der Waals surface area contributed by atoms with Crippen molar-refractivity contribution < 1.29 is 4.79 Å². The van der Waals surface area contributed by atoms with Crippen LogP contribution in [0.4, 0.5) is 5.69 Å². The molecule has 5 heteroatoms. The summed E-state index contributed by atoms with van der Waals surface area (Å²) in [5, 5.41) is 4.46. The molecule has 0 bridgehead atoms. The predicted octanol–water partition coefficient (Wildman–Crippen LogP) is 0.989. The van der Waals surface area contributed by atoms with Gasteiger partial charge in [-0.2, -0.15) is 0 Å². The number of pyridine rings is 1. The lowest BCUT2D eigenvalue weighted by Gasteiger charge is -2.23. The van der Waals surface area contributed by atoms with E-state index in [1.165, 1.54) is 0 Å². The van der Waals surface area contributed by atoms with Crippen molar-refractivity contribution in [2.45, 2.75) is 0 Å². The number of para-hydroxylation sites is 1. The lowest BCUT2D eigenvalue weighted by Crippen LogP contribution is -2.28.